The average molecular weight is 562 g/mol. The lowest BCUT2D eigenvalue weighted by Gasteiger charge is -2.16. The molecule has 1 aliphatic heterocycles. The number of carbonyl (C=O) groups is 3. The zero-order chi connectivity index (χ0) is 27.8. The second-order valence-electron chi connectivity index (χ2n) is 8.68. The van der Waals surface area contributed by atoms with Crippen molar-refractivity contribution in [3.63, 3.8) is 0 Å². The minimum Gasteiger partial charge on any atom is -0.350 e. The van der Waals surface area contributed by atoms with E-state index in [1.807, 2.05) is 18.2 Å². The summed E-state index contributed by atoms with van der Waals surface area (Å²) in [5.74, 6) is -1.84. The van der Waals surface area contributed by atoms with Gasteiger partial charge in [-0.15, -0.1) is 0 Å². The van der Waals surface area contributed by atoms with Crippen molar-refractivity contribution in [2.24, 2.45) is 7.05 Å². The number of aromatic nitrogens is 2. The lowest BCUT2D eigenvalue weighted by atomic mass is 10.2. The second kappa shape index (κ2) is 10.3. The summed E-state index contributed by atoms with van der Waals surface area (Å²) in [5.41, 5.74) is 1.88. The molecule has 0 spiro atoms. The van der Waals surface area contributed by atoms with E-state index in [9.17, 15) is 19.2 Å². The number of hydrogen-bond acceptors (Lipinski definition) is 5. The summed E-state index contributed by atoms with van der Waals surface area (Å²) in [6, 6.07) is 21.7. The molecule has 2 heterocycles. The topological polar surface area (TPSA) is 105 Å². The third kappa shape index (κ3) is 4.62. The Balaban J connectivity index is 1.33. The Hall–Kier alpha value is -4.60. The van der Waals surface area contributed by atoms with Crippen LogP contribution in [0.15, 0.2) is 94.4 Å². The molecule has 0 fully saturated rings. The van der Waals surface area contributed by atoms with E-state index in [1.165, 1.54) is 16.8 Å². The first-order valence-electron chi connectivity index (χ1n) is 11.7. The summed E-state index contributed by atoms with van der Waals surface area (Å²) in [4.78, 5) is 52.7. The van der Waals surface area contributed by atoms with E-state index in [0.717, 1.165) is 4.90 Å². The van der Waals surface area contributed by atoms with E-state index in [1.54, 1.807) is 67.2 Å². The zero-order valence-electron chi connectivity index (χ0n) is 20.7. The van der Waals surface area contributed by atoms with Crippen molar-refractivity contribution in [2.75, 3.05) is 15.5 Å². The van der Waals surface area contributed by atoms with Crippen LogP contribution in [0.1, 0.15) is 16.1 Å². The molecule has 1 aromatic heterocycles. The predicted octanol–water partition coefficient (Wildman–Crippen LogP) is 4.83. The number of imide groups is 1. The standard InChI is InChI=1S/C28H21Cl2N5O4/c1-16-23(28(39)35(33(16)2)19-8-4-3-5-9-19)32-25(36)17-12-14-18(15-13-17)31-24-22(30)26(37)34(27(24)38)21-11-7-6-10-20(21)29/h3-15,31H,1-2H3,(H,32,36). The number of anilines is 3. The van der Waals surface area contributed by atoms with Gasteiger partial charge >= 0.3 is 0 Å². The van der Waals surface area contributed by atoms with Gasteiger partial charge in [-0.25, -0.2) is 9.58 Å². The van der Waals surface area contributed by atoms with Gasteiger partial charge in [0.05, 0.1) is 22.1 Å². The molecule has 0 bridgehead atoms. The van der Waals surface area contributed by atoms with Crippen molar-refractivity contribution in [3.8, 4) is 5.69 Å². The van der Waals surface area contributed by atoms with Gasteiger partial charge in [-0.1, -0.05) is 53.5 Å². The number of nitrogens with zero attached hydrogens (tertiary/aromatic N) is 3. The van der Waals surface area contributed by atoms with E-state index >= 15 is 0 Å². The van der Waals surface area contributed by atoms with Gasteiger partial charge in [0.15, 0.2) is 0 Å². The number of para-hydroxylation sites is 2. The van der Waals surface area contributed by atoms with Crippen LogP contribution in [0.3, 0.4) is 0 Å². The first kappa shape index (κ1) is 26.0. The van der Waals surface area contributed by atoms with Gasteiger partial charge in [0.25, 0.3) is 23.3 Å². The Bertz CT molecular complexity index is 1720. The van der Waals surface area contributed by atoms with Crippen LogP contribution in [-0.2, 0) is 16.6 Å². The monoisotopic (exact) mass is 561 g/mol. The lowest BCUT2D eigenvalue weighted by Crippen LogP contribution is -2.32. The SMILES string of the molecule is Cc1c(NC(=O)c2ccc(NC3=C(Cl)C(=O)N(c4ccccc4Cl)C3=O)cc2)c(=O)n(-c2ccccc2)n1C. The number of halogens is 2. The molecule has 5 rings (SSSR count). The molecule has 196 valence electrons. The van der Waals surface area contributed by atoms with Crippen LogP contribution >= 0.6 is 23.2 Å². The molecule has 0 radical (unpaired) electrons. The predicted molar refractivity (Wildman–Crippen MR) is 151 cm³/mol. The van der Waals surface area contributed by atoms with Crippen molar-refractivity contribution < 1.29 is 14.4 Å². The number of hydrogen-bond donors (Lipinski definition) is 2. The fourth-order valence-corrected chi connectivity index (χ4v) is 4.64. The summed E-state index contributed by atoms with van der Waals surface area (Å²) < 4.78 is 3.14. The Morgan fingerprint density at radius 3 is 2.13 bits per heavy atom. The summed E-state index contributed by atoms with van der Waals surface area (Å²) in [7, 11) is 1.74. The Labute approximate surface area is 232 Å². The third-order valence-corrected chi connectivity index (χ3v) is 7.00. The summed E-state index contributed by atoms with van der Waals surface area (Å²) in [6.07, 6.45) is 0. The number of rotatable bonds is 6. The number of amides is 3. The van der Waals surface area contributed by atoms with Crippen LogP contribution < -0.4 is 21.1 Å². The van der Waals surface area contributed by atoms with E-state index in [2.05, 4.69) is 10.6 Å². The quantitative estimate of drug-likeness (QED) is 0.328. The molecule has 0 aliphatic carbocycles. The summed E-state index contributed by atoms with van der Waals surface area (Å²) >= 11 is 12.4. The van der Waals surface area contributed by atoms with Crippen LogP contribution in [0.25, 0.3) is 5.69 Å². The highest BCUT2D eigenvalue weighted by molar-refractivity contribution is 6.53. The van der Waals surface area contributed by atoms with Gasteiger partial charge in [-0.2, -0.15) is 0 Å². The van der Waals surface area contributed by atoms with Crippen molar-refractivity contribution >= 4 is 58.0 Å². The largest absolute Gasteiger partial charge is 0.350 e. The maximum atomic E-state index is 13.1. The van der Waals surface area contributed by atoms with Crippen LogP contribution in [0, 0.1) is 6.92 Å². The second-order valence-corrected chi connectivity index (χ2v) is 9.46. The Morgan fingerprint density at radius 2 is 1.46 bits per heavy atom. The molecule has 0 atom stereocenters. The third-order valence-electron chi connectivity index (χ3n) is 6.33. The molecule has 2 N–H and O–H groups in total. The molecular formula is C28H21Cl2N5O4. The fraction of sp³-hybridized carbons (Fsp3) is 0.0714. The zero-order valence-corrected chi connectivity index (χ0v) is 22.2. The molecule has 0 unspecified atom stereocenters. The highest BCUT2D eigenvalue weighted by Crippen LogP contribution is 2.34. The van der Waals surface area contributed by atoms with Crippen LogP contribution in [0.5, 0.6) is 0 Å². The van der Waals surface area contributed by atoms with E-state index in [-0.39, 0.29) is 38.2 Å². The molecule has 9 nitrogen and oxygen atoms in total. The number of carbonyl (C=O) groups excluding carboxylic acids is 3. The number of benzene rings is 3. The van der Waals surface area contributed by atoms with Crippen molar-refractivity contribution in [1.82, 2.24) is 9.36 Å². The van der Waals surface area contributed by atoms with Gasteiger partial charge < -0.3 is 10.6 Å². The molecule has 3 amide bonds. The molecule has 3 aromatic carbocycles. The summed E-state index contributed by atoms with van der Waals surface area (Å²) in [6.45, 7) is 1.74. The fourth-order valence-electron chi connectivity index (χ4n) is 4.21. The van der Waals surface area contributed by atoms with Gasteiger partial charge in [0.1, 0.15) is 16.4 Å². The van der Waals surface area contributed by atoms with Crippen molar-refractivity contribution in [1.29, 1.82) is 0 Å². The molecule has 11 heteroatoms. The first-order valence-corrected chi connectivity index (χ1v) is 12.5. The maximum absolute atomic E-state index is 13.1. The average Bonchev–Trinajstić information content (AvgIpc) is 3.28. The minimum atomic E-state index is -0.701. The van der Waals surface area contributed by atoms with Gasteiger partial charge in [0.2, 0.25) is 0 Å². The normalized spacial score (nSPS) is 13.3. The van der Waals surface area contributed by atoms with Gasteiger partial charge in [-0.3, -0.25) is 23.9 Å². The van der Waals surface area contributed by atoms with E-state index in [0.29, 0.717) is 17.1 Å². The highest BCUT2D eigenvalue weighted by atomic mass is 35.5. The van der Waals surface area contributed by atoms with Crippen LogP contribution in [-0.4, -0.2) is 27.1 Å². The highest BCUT2D eigenvalue weighted by Gasteiger charge is 2.39. The first-order chi connectivity index (χ1) is 18.7. The Kier molecular flexibility index (Phi) is 6.86. The molecule has 4 aromatic rings. The van der Waals surface area contributed by atoms with E-state index in [4.69, 9.17) is 23.2 Å². The molecular weight excluding hydrogens is 541 g/mol. The van der Waals surface area contributed by atoms with Crippen LogP contribution in [0.4, 0.5) is 17.1 Å². The number of nitrogens with one attached hydrogen (secondary N) is 2. The lowest BCUT2D eigenvalue weighted by molar-refractivity contribution is -0.120. The van der Waals surface area contributed by atoms with Crippen molar-refractivity contribution in [3.05, 3.63) is 116 Å². The Morgan fingerprint density at radius 1 is 0.821 bits per heavy atom. The minimum absolute atomic E-state index is 0.111. The maximum Gasteiger partial charge on any atom is 0.295 e. The smallest absolute Gasteiger partial charge is 0.295 e. The molecule has 39 heavy (non-hydrogen) atoms. The van der Waals surface area contributed by atoms with Gasteiger partial charge in [-0.05, 0) is 55.5 Å². The molecule has 0 saturated heterocycles. The van der Waals surface area contributed by atoms with Crippen LogP contribution in [0.2, 0.25) is 5.02 Å². The molecule has 1 aliphatic rings. The summed E-state index contributed by atoms with van der Waals surface area (Å²) in [5, 5.41) is 5.51. The van der Waals surface area contributed by atoms with E-state index < -0.39 is 17.7 Å². The van der Waals surface area contributed by atoms with Gasteiger partial charge in [0, 0.05) is 18.3 Å². The van der Waals surface area contributed by atoms with Crippen molar-refractivity contribution in [2.45, 2.75) is 6.92 Å². The molecule has 0 saturated carbocycles.